The Balaban J connectivity index is 0.934. The van der Waals surface area contributed by atoms with E-state index in [1.54, 1.807) is 29.2 Å². The minimum Gasteiger partial charge on any atom is -0.493 e. The molecule has 2 atom stereocenters. The number of rotatable bonds is 15. The third-order valence-corrected chi connectivity index (χ3v) is 14.0. The molecule has 0 aliphatic carbocycles. The Hall–Kier alpha value is -6.33. The predicted molar refractivity (Wildman–Crippen MR) is 263 cm³/mol. The van der Waals surface area contributed by atoms with Crippen LogP contribution >= 0.6 is 11.6 Å². The van der Waals surface area contributed by atoms with Crippen LogP contribution in [0.15, 0.2) is 66.7 Å². The van der Waals surface area contributed by atoms with Gasteiger partial charge >= 0.3 is 0 Å². The molecule has 2 fully saturated rings. The molecule has 6 aromatic rings. The maximum Gasteiger partial charge on any atom is 0.260 e. The minimum atomic E-state index is -1.29. The number of hydrogen-bond acceptors (Lipinski definition) is 10. The summed E-state index contributed by atoms with van der Waals surface area (Å²) in [6.45, 7) is 13.2. The van der Waals surface area contributed by atoms with E-state index in [0.717, 1.165) is 49.8 Å². The van der Waals surface area contributed by atoms with E-state index in [4.69, 9.17) is 30.9 Å². The van der Waals surface area contributed by atoms with E-state index in [0.29, 0.717) is 92.1 Å². The van der Waals surface area contributed by atoms with Crippen LogP contribution in [0.5, 0.6) is 11.5 Å². The number of aliphatic hydroxyl groups is 1. The molecule has 3 aliphatic heterocycles. The van der Waals surface area contributed by atoms with Gasteiger partial charge in [-0.15, -0.1) is 0 Å². The Labute approximate surface area is 411 Å². The number of amides is 4. The molecule has 0 radical (unpaired) electrons. The number of nitrogens with one attached hydrogen (secondary N) is 1. The number of ether oxygens (including phenoxy) is 3. The molecule has 0 bridgehead atoms. The summed E-state index contributed by atoms with van der Waals surface area (Å²) in [6.07, 6.45) is 0.246. The number of nitrogens with zero attached hydrogens (tertiary/aromatic N) is 6. The summed E-state index contributed by atoms with van der Waals surface area (Å²) in [4.78, 5) is 56.9. The molecular formula is C53H59ClFN7O8. The number of piperazine rings is 1. The summed E-state index contributed by atoms with van der Waals surface area (Å²) in [6, 6.07) is 18.5. The summed E-state index contributed by atoms with van der Waals surface area (Å²) < 4.78 is 36.8. The maximum absolute atomic E-state index is 14.1. The van der Waals surface area contributed by atoms with Gasteiger partial charge in [-0.05, 0) is 107 Å². The molecule has 0 spiro atoms. The average molecular weight is 977 g/mol. The van der Waals surface area contributed by atoms with Gasteiger partial charge in [-0.1, -0.05) is 35.9 Å². The topological polar surface area (TPSA) is 161 Å². The Morgan fingerprint density at radius 2 is 1.69 bits per heavy atom. The van der Waals surface area contributed by atoms with Crippen molar-refractivity contribution in [2.45, 2.75) is 91.3 Å². The minimum absolute atomic E-state index is 0.141. The molecule has 4 amide bonds. The molecule has 2 N–H and O–H groups in total. The summed E-state index contributed by atoms with van der Waals surface area (Å²) in [5.74, 6) is -0.577. The van der Waals surface area contributed by atoms with E-state index in [-0.39, 0.29) is 49.5 Å². The van der Waals surface area contributed by atoms with Gasteiger partial charge in [0.2, 0.25) is 11.8 Å². The Bertz CT molecular complexity index is 3030. The smallest absolute Gasteiger partial charge is 0.260 e. The van der Waals surface area contributed by atoms with E-state index >= 15 is 0 Å². The highest BCUT2D eigenvalue weighted by Crippen LogP contribution is 2.44. The lowest BCUT2D eigenvalue weighted by atomic mass is 9.98. The van der Waals surface area contributed by atoms with Crippen LogP contribution in [0.2, 0.25) is 5.02 Å². The standard InChI is InChI=1S/C53H59ClFN7O8/c1-31-46(32(2)58(6)57-31)47-40(54)18-17-37-36(12-9-27-68-42-13-7-10-33-28-34(55)15-16-35(33)42)49(52(67)70-53(3,4)5)61(48(37)47)26-23-59-21-24-60(25-22-59)45(64)30-69-43-14-8-11-38-39(43)29-62(51(38)66)41-19-20-44(63)56-50(41)65/h7-8,10-11,13-18,28,41,52,67H,9,12,19-27,29-30H2,1-6H3,(H,56,63,65). The third-order valence-electron chi connectivity index (χ3n) is 13.7. The van der Waals surface area contributed by atoms with Gasteiger partial charge in [-0.3, -0.25) is 34.1 Å². The van der Waals surface area contributed by atoms with E-state index in [2.05, 4.69) is 14.8 Å². The molecule has 5 heterocycles. The molecule has 3 aliphatic rings. The van der Waals surface area contributed by atoms with Crippen LogP contribution in [0.1, 0.15) is 84.9 Å². The first-order chi connectivity index (χ1) is 33.5. The molecule has 17 heteroatoms. The molecule has 2 aromatic heterocycles. The quantitative estimate of drug-likeness (QED) is 0.0603. The summed E-state index contributed by atoms with van der Waals surface area (Å²) in [5.41, 5.74) is 6.27. The van der Waals surface area contributed by atoms with Crippen LogP contribution in [-0.4, -0.2) is 115 Å². The molecule has 9 rings (SSSR count). The van der Waals surface area contributed by atoms with Gasteiger partial charge in [-0.2, -0.15) is 5.10 Å². The van der Waals surface area contributed by atoms with Crippen molar-refractivity contribution < 1.29 is 42.9 Å². The number of carbonyl (C=O) groups is 4. The molecule has 368 valence electrons. The highest BCUT2D eigenvalue weighted by atomic mass is 35.5. The van der Waals surface area contributed by atoms with Crippen molar-refractivity contribution in [1.82, 2.24) is 34.4 Å². The average Bonchev–Trinajstić information content (AvgIpc) is 3.91. The lowest BCUT2D eigenvalue weighted by molar-refractivity contribution is -0.173. The van der Waals surface area contributed by atoms with Crippen molar-refractivity contribution in [3.05, 3.63) is 111 Å². The number of aryl methyl sites for hydroxylation is 3. The first kappa shape index (κ1) is 48.7. The van der Waals surface area contributed by atoms with Crippen LogP contribution in [0, 0.1) is 19.7 Å². The largest absolute Gasteiger partial charge is 0.493 e. The van der Waals surface area contributed by atoms with Crippen molar-refractivity contribution >= 4 is 56.9 Å². The maximum atomic E-state index is 14.1. The molecule has 15 nitrogen and oxygen atoms in total. The van der Waals surface area contributed by atoms with E-state index in [1.165, 1.54) is 17.0 Å². The monoisotopic (exact) mass is 975 g/mol. The predicted octanol–water partition coefficient (Wildman–Crippen LogP) is 7.41. The molecule has 2 saturated heterocycles. The van der Waals surface area contributed by atoms with Crippen molar-refractivity contribution in [3.63, 3.8) is 0 Å². The molecule has 70 heavy (non-hydrogen) atoms. The fourth-order valence-corrected chi connectivity index (χ4v) is 10.5. The first-order valence-corrected chi connectivity index (χ1v) is 24.3. The van der Waals surface area contributed by atoms with E-state index in [1.807, 2.05) is 76.7 Å². The van der Waals surface area contributed by atoms with Gasteiger partial charge in [0.1, 0.15) is 23.4 Å². The van der Waals surface area contributed by atoms with Crippen LogP contribution in [0.4, 0.5) is 4.39 Å². The zero-order valence-electron chi connectivity index (χ0n) is 40.4. The zero-order chi connectivity index (χ0) is 49.6. The number of imide groups is 1. The van der Waals surface area contributed by atoms with Crippen LogP contribution < -0.4 is 14.8 Å². The SMILES string of the molecule is Cc1nn(C)c(C)c1-c1c(Cl)ccc2c(CCCOc3cccc4cc(F)ccc34)c(C(O)OC(C)(C)C)n(CCN3CCN(C(=O)COc4cccc5c4CN(C4CCC(=O)NC4=O)C5=O)CC3)c12. The third kappa shape index (κ3) is 9.74. The molecule has 2 unspecified atom stereocenters. The number of carbonyl (C=O) groups excluding carboxylic acids is 4. The number of hydrogen-bond donors (Lipinski definition) is 2. The van der Waals surface area contributed by atoms with Gasteiger partial charge in [0.25, 0.3) is 11.8 Å². The van der Waals surface area contributed by atoms with Crippen molar-refractivity contribution in [3.8, 4) is 22.6 Å². The second-order valence-electron chi connectivity index (χ2n) is 19.4. The van der Waals surface area contributed by atoms with Gasteiger partial charge in [0.05, 0.1) is 40.7 Å². The number of piperidine rings is 1. The molecule has 4 aromatic carbocycles. The zero-order valence-corrected chi connectivity index (χ0v) is 41.2. The van der Waals surface area contributed by atoms with Crippen LogP contribution in [-0.2, 0) is 45.7 Å². The Morgan fingerprint density at radius 1 is 0.943 bits per heavy atom. The number of halogens is 2. The fourth-order valence-electron chi connectivity index (χ4n) is 10.2. The second kappa shape index (κ2) is 19.8. The molecular weight excluding hydrogens is 917 g/mol. The second-order valence-corrected chi connectivity index (χ2v) is 19.8. The summed E-state index contributed by atoms with van der Waals surface area (Å²) in [7, 11) is 1.91. The van der Waals surface area contributed by atoms with Crippen molar-refractivity contribution in [2.75, 3.05) is 45.9 Å². The molecule has 0 saturated carbocycles. The van der Waals surface area contributed by atoms with Gasteiger partial charge in [0, 0.05) is 91.5 Å². The van der Waals surface area contributed by atoms with Gasteiger partial charge in [0.15, 0.2) is 12.9 Å². The number of benzene rings is 4. The number of fused-ring (bicyclic) bond motifs is 3. The summed E-state index contributed by atoms with van der Waals surface area (Å²) >= 11 is 7.22. The van der Waals surface area contributed by atoms with Gasteiger partial charge in [-0.25, -0.2) is 4.39 Å². The van der Waals surface area contributed by atoms with E-state index in [9.17, 15) is 28.7 Å². The van der Waals surface area contributed by atoms with Gasteiger partial charge < -0.3 is 33.7 Å². The van der Waals surface area contributed by atoms with Crippen LogP contribution in [0.25, 0.3) is 32.8 Å². The normalized spacial score (nSPS) is 17.2. The van der Waals surface area contributed by atoms with Crippen LogP contribution in [0.3, 0.4) is 0 Å². The number of aliphatic hydroxyl groups excluding tert-OH is 1. The van der Waals surface area contributed by atoms with Crippen molar-refractivity contribution in [1.29, 1.82) is 0 Å². The first-order valence-electron chi connectivity index (χ1n) is 23.9. The lowest BCUT2D eigenvalue weighted by Crippen LogP contribution is -2.52. The highest BCUT2D eigenvalue weighted by Gasteiger charge is 2.40. The van der Waals surface area contributed by atoms with Crippen molar-refractivity contribution in [2.24, 2.45) is 7.05 Å². The number of aromatic nitrogens is 3. The Morgan fingerprint density at radius 3 is 2.41 bits per heavy atom. The Kier molecular flexibility index (Phi) is 13.8. The lowest BCUT2D eigenvalue weighted by Gasteiger charge is -2.35. The van der Waals surface area contributed by atoms with E-state index < -0.39 is 23.8 Å². The highest BCUT2D eigenvalue weighted by molar-refractivity contribution is 6.35. The fraction of sp³-hybridized carbons (Fsp3) is 0.415. The summed E-state index contributed by atoms with van der Waals surface area (Å²) in [5, 5.41) is 22.3.